The number of methoxy groups -OCH3 is 1. The van der Waals surface area contributed by atoms with E-state index in [0.717, 1.165) is 40.8 Å². The van der Waals surface area contributed by atoms with Gasteiger partial charge in [-0.25, -0.2) is 0 Å². The molecule has 4 N–H and O–H groups in total. The molecular formula is C29H40N4O2. The van der Waals surface area contributed by atoms with Crippen LogP contribution in [-0.2, 0) is 0 Å². The monoisotopic (exact) mass is 476 g/mol. The Morgan fingerprint density at radius 1 is 1.23 bits per heavy atom. The maximum atomic E-state index is 13.4. The van der Waals surface area contributed by atoms with Gasteiger partial charge in [0.1, 0.15) is 5.75 Å². The van der Waals surface area contributed by atoms with Gasteiger partial charge in [-0.3, -0.25) is 4.79 Å². The molecule has 35 heavy (non-hydrogen) atoms. The van der Waals surface area contributed by atoms with E-state index < -0.39 is 0 Å². The molecule has 1 aliphatic carbocycles. The standard InChI is InChI=1S/C29H40N4O2/c1-6-32-26-9-7-8-21(13-26)22-11-10-19(2)28(16-22)29(34)33-20(3)23-12-24(15-27(14-23)35-5)25(17-30)18-31-4/h10-12,14-18,20-21,26,30-32H,6-9,13H2,1-5H3,(H,33,34)/b25-18+,30-17?/t20-,21?,26?/m1/s1. The van der Waals surface area contributed by atoms with Crippen molar-refractivity contribution in [1.29, 1.82) is 5.41 Å². The highest BCUT2D eigenvalue weighted by atomic mass is 16.5. The van der Waals surface area contributed by atoms with E-state index in [0.29, 0.717) is 17.7 Å². The van der Waals surface area contributed by atoms with Crippen LogP contribution in [0.5, 0.6) is 5.75 Å². The predicted octanol–water partition coefficient (Wildman–Crippen LogP) is 5.34. The van der Waals surface area contributed by atoms with Crippen molar-refractivity contribution in [3.63, 3.8) is 0 Å². The third-order valence-electron chi connectivity index (χ3n) is 6.95. The van der Waals surface area contributed by atoms with Crippen LogP contribution in [0.25, 0.3) is 5.57 Å². The highest BCUT2D eigenvalue weighted by molar-refractivity contribution is 6.08. The number of allylic oxidation sites excluding steroid dienone is 1. The Morgan fingerprint density at radius 2 is 2.03 bits per heavy atom. The molecule has 3 rings (SSSR count). The molecule has 1 saturated carbocycles. The topological polar surface area (TPSA) is 86.2 Å². The van der Waals surface area contributed by atoms with Gasteiger partial charge in [-0.15, -0.1) is 0 Å². The fourth-order valence-electron chi connectivity index (χ4n) is 4.98. The minimum absolute atomic E-state index is 0.0710. The third-order valence-corrected chi connectivity index (χ3v) is 6.95. The largest absolute Gasteiger partial charge is 0.497 e. The molecule has 6 heteroatoms. The summed E-state index contributed by atoms with van der Waals surface area (Å²) in [4.78, 5) is 13.4. The molecule has 0 spiro atoms. The van der Waals surface area contributed by atoms with Crippen molar-refractivity contribution in [2.45, 2.75) is 64.5 Å². The molecule has 1 fully saturated rings. The number of hydrogen-bond donors (Lipinski definition) is 4. The molecule has 2 aromatic rings. The number of carbonyl (C=O) groups excluding carboxylic acids is 1. The summed E-state index contributed by atoms with van der Waals surface area (Å²) in [7, 11) is 3.43. The molecule has 0 heterocycles. The van der Waals surface area contributed by atoms with Gasteiger partial charge in [0.25, 0.3) is 5.91 Å². The Hall–Kier alpha value is -3.12. The van der Waals surface area contributed by atoms with Crippen molar-refractivity contribution >= 4 is 17.7 Å². The molecule has 0 aromatic heterocycles. The summed E-state index contributed by atoms with van der Waals surface area (Å²) in [5, 5.41) is 17.5. The van der Waals surface area contributed by atoms with Crippen LogP contribution in [0.3, 0.4) is 0 Å². The normalized spacial score (nSPS) is 19.1. The minimum Gasteiger partial charge on any atom is -0.497 e. The molecule has 1 amide bonds. The fourth-order valence-corrected chi connectivity index (χ4v) is 4.98. The van der Waals surface area contributed by atoms with Gasteiger partial charge in [-0.1, -0.05) is 25.5 Å². The van der Waals surface area contributed by atoms with Gasteiger partial charge in [0.05, 0.1) is 13.2 Å². The van der Waals surface area contributed by atoms with Crippen molar-refractivity contribution in [2.75, 3.05) is 20.7 Å². The van der Waals surface area contributed by atoms with Crippen LogP contribution < -0.4 is 20.7 Å². The van der Waals surface area contributed by atoms with Crippen molar-refractivity contribution in [1.82, 2.24) is 16.0 Å². The first-order valence-electron chi connectivity index (χ1n) is 12.6. The average Bonchev–Trinajstić information content (AvgIpc) is 2.87. The summed E-state index contributed by atoms with van der Waals surface area (Å²) in [6.07, 6.45) is 7.81. The molecule has 3 atom stereocenters. The van der Waals surface area contributed by atoms with Gasteiger partial charge in [0.15, 0.2) is 0 Å². The van der Waals surface area contributed by atoms with E-state index in [1.807, 2.05) is 32.0 Å². The number of amides is 1. The Balaban J connectivity index is 1.81. The lowest BCUT2D eigenvalue weighted by Crippen LogP contribution is -2.33. The zero-order chi connectivity index (χ0) is 25.4. The molecule has 0 aliphatic heterocycles. The first-order chi connectivity index (χ1) is 16.9. The zero-order valence-electron chi connectivity index (χ0n) is 21.7. The molecule has 0 bridgehead atoms. The van der Waals surface area contributed by atoms with Gasteiger partial charge in [0.2, 0.25) is 0 Å². The fraction of sp³-hybridized carbons (Fsp3) is 0.448. The molecule has 2 unspecified atom stereocenters. The number of aryl methyl sites for hydroxylation is 1. The zero-order valence-corrected chi connectivity index (χ0v) is 21.7. The van der Waals surface area contributed by atoms with Gasteiger partial charge in [0, 0.05) is 36.6 Å². The molecule has 6 nitrogen and oxygen atoms in total. The minimum atomic E-state index is -0.228. The summed E-state index contributed by atoms with van der Waals surface area (Å²) >= 11 is 0. The van der Waals surface area contributed by atoms with Crippen LogP contribution >= 0.6 is 0 Å². The van der Waals surface area contributed by atoms with Gasteiger partial charge >= 0.3 is 0 Å². The van der Waals surface area contributed by atoms with Crippen LogP contribution in [0.1, 0.15) is 84.1 Å². The number of nitrogens with one attached hydrogen (secondary N) is 4. The summed E-state index contributed by atoms with van der Waals surface area (Å²) < 4.78 is 5.50. The van der Waals surface area contributed by atoms with Crippen molar-refractivity contribution < 1.29 is 9.53 Å². The van der Waals surface area contributed by atoms with E-state index in [-0.39, 0.29) is 11.9 Å². The molecule has 1 aliphatic rings. The lowest BCUT2D eigenvalue weighted by Gasteiger charge is -2.30. The molecule has 0 radical (unpaired) electrons. The van der Waals surface area contributed by atoms with Crippen LogP contribution in [0, 0.1) is 12.3 Å². The van der Waals surface area contributed by atoms with Crippen LogP contribution in [0.2, 0.25) is 0 Å². The van der Waals surface area contributed by atoms with E-state index in [4.69, 9.17) is 10.1 Å². The Labute approximate surface area is 210 Å². The maximum Gasteiger partial charge on any atom is 0.252 e. The van der Waals surface area contributed by atoms with Crippen LogP contribution in [0.15, 0.2) is 42.6 Å². The number of carbonyl (C=O) groups is 1. The Bertz CT molecular complexity index is 1060. The number of benzene rings is 2. The number of hydrogen-bond acceptors (Lipinski definition) is 5. The lowest BCUT2D eigenvalue weighted by atomic mass is 9.80. The maximum absolute atomic E-state index is 13.4. The number of ether oxygens (including phenoxy) is 1. The average molecular weight is 477 g/mol. The Kier molecular flexibility index (Phi) is 9.49. The highest BCUT2D eigenvalue weighted by Crippen LogP contribution is 2.34. The predicted molar refractivity (Wildman–Crippen MR) is 145 cm³/mol. The molecule has 0 saturated heterocycles. The Morgan fingerprint density at radius 3 is 2.71 bits per heavy atom. The summed E-state index contributed by atoms with van der Waals surface area (Å²) in [5.41, 5.74) is 5.48. The summed E-state index contributed by atoms with van der Waals surface area (Å²) in [6.45, 7) is 7.13. The highest BCUT2D eigenvalue weighted by Gasteiger charge is 2.24. The molecular weight excluding hydrogens is 436 g/mol. The second kappa shape index (κ2) is 12.5. The van der Waals surface area contributed by atoms with Crippen molar-refractivity contribution in [2.24, 2.45) is 0 Å². The van der Waals surface area contributed by atoms with Crippen molar-refractivity contribution in [3.05, 3.63) is 70.4 Å². The molecule has 2 aromatic carbocycles. The van der Waals surface area contributed by atoms with E-state index in [9.17, 15) is 4.79 Å². The van der Waals surface area contributed by atoms with E-state index in [2.05, 4.69) is 41.1 Å². The van der Waals surface area contributed by atoms with E-state index in [1.165, 1.54) is 31.0 Å². The number of rotatable bonds is 10. The summed E-state index contributed by atoms with van der Waals surface area (Å²) in [5.74, 6) is 1.10. The first-order valence-corrected chi connectivity index (χ1v) is 12.6. The third kappa shape index (κ3) is 6.73. The molecule has 188 valence electrons. The van der Waals surface area contributed by atoms with Crippen molar-refractivity contribution in [3.8, 4) is 5.75 Å². The lowest BCUT2D eigenvalue weighted by molar-refractivity contribution is 0.0939. The van der Waals surface area contributed by atoms with Crippen LogP contribution in [0.4, 0.5) is 0 Å². The van der Waals surface area contributed by atoms with Gasteiger partial charge in [-0.2, -0.15) is 0 Å². The smallest absolute Gasteiger partial charge is 0.252 e. The second-order valence-corrected chi connectivity index (χ2v) is 9.42. The van der Waals surface area contributed by atoms with Gasteiger partial charge < -0.3 is 26.1 Å². The van der Waals surface area contributed by atoms with Gasteiger partial charge in [-0.05, 0) is 92.1 Å². The van der Waals surface area contributed by atoms with Crippen LogP contribution in [-0.4, -0.2) is 38.9 Å². The first kappa shape index (κ1) is 26.5. The second-order valence-electron chi connectivity index (χ2n) is 9.42. The SMILES string of the molecule is CCNC1CCCC(c2ccc(C)c(C(=O)N[C@H](C)c3cc(OC)cc(/C(C=N)=C/NC)c3)c2)C1. The van der Waals surface area contributed by atoms with E-state index in [1.54, 1.807) is 20.4 Å². The van der Waals surface area contributed by atoms with E-state index >= 15 is 0 Å². The summed E-state index contributed by atoms with van der Waals surface area (Å²) in [6, 6.07) is 12.5. The quantitative estimate of drug-likeness (QED) is 0.349.